The van der Waals surface area contributed by atoms with Crippen molar-refractivity contribution in [3.8, 4) is 0 Å². The fraction of sp³-hybridized carbons (Fsp3) is 0.875. The van der Waals surface area contributed by atoms with Crippen LogP contribution in [-0.4, -0.2) is 24.8 Å². The summed E-state index contributed by atoms with van der Waals surface area (Å²) < 4.78 is 0. The number of amidine groups is 1. The SMILES string of the molecule is CN(C)C(=N)C1CCCC1. The zero-order chi connectivity index (χ0) is 7.56. The van der Waals surface area contributed by atoms with Crippen LogP contribution in [0.5, 0.6) is 0 Å². The molecule has 0 aliphatic heterocycles. The molecule has 1 fully saturated rings. The number of nitrogens with one attached hydrogen (secondary N) is 1. The van der Waals surface area contributed by atoms with Gasteiger partial charge in [-0.1, -0.05) is 12.8 Å². The van der Waals surface area contributed by atoms with E-state index in [1.54, 1.807) is 0 Å². The van der Waals surface area contributed by atoms with Gasteiger partial charge in [-0.15, -0.1) is 0 Å². The Bertz CT molecular complexity index is 123. The second-order valence-electron chi connectivity index (χ2n) is 3.26. The molecule has 2 nitrogen and oxygen atoms in total. The van der Waals surface area contributed by atoms with Crippen LogP contribution in [0.4, 0.5) is 0 Å². The van der Waals surface area contributed by atoms with Crippen LogP contribution in [0, 0.1) is 11.3 Å². The van der Waals surface area contributed by atoms with E-state index in [4.69, 9.17) is 5.41 Å². The van der Waals surface area contributed by atoms with E-state index in [2.05, 4.69) is 0 Å². The lowest BCUT2D eigenvalue weighted by Crippen LogP contribution is -2.27. The predicted molar refractivity (Wildman–Crippen MR) is 43.4 cm³/mol. The molecule has 0 saturated heterocycles. The van der Waals surface area contributed by atoms with E-state index in [9.17, 15) is 0 Å². The highest BCUT2D eigenvalue weighted by Gasteiger charge is 2.20. The average Bonchev–Trinajstić information content (AvgIpc) is 2.36. The standard InChI is InChI=1S/C8H16N2/c1-10(2)8(9)7-5-3-4-6-7/h7,9H,3-6H2,1-2H3. The molecule has 58 valence electrons. The Morgan fingerprint density at radius 2 is 1.80 bits per heavy atom. The molecular weight excluding hydrogens is 124 g/mol. The Kier molecular flexibility index (Phi) is 2.30. The van der Waals surface area contributed by atoms with Gasteiger partial charge in [-0.3, -0.25) is 5.41 Å². The fourth-order valence-electron chi connectivity index (χ4n) is 1.56. The van der Waals surface area contributed by atoms with Crippen molar-refractivity contribution in [3.63, 3.8) is 0 Å². The lowest BCUT2D eigenvalue weighted by atomic mass is 10.1. The van der Waals surface area contributed by atoms with Crippen molar-refractivity contribution in [2.45, 2.75) is 25.7 Å². The summed E-state index contributed by atoms with van der Waals surface area (Å²) in [7, 11) is 3.92. The van der Waals surface area contributed by atoms with E-state index >= 15 is 0 Å². The Balaban J connectivity index is 2.40. The van der Waals surface area contributed by atoms with Crippen LogP contribution in [0.2, 0.25) is 0 Å². The molecule has 0 heterocycles. The van der Waals surface area contributed by atoms with E-state index in [1.165, 1.54) is 25.7 Å². The molecule has 0 unspecified atom stereocenters. The maximum Gasteiger partial charge on any atom is 0.0984 e. The van der Waals surface area contributed by atoms with Gasteiger partial charge in [0.05, 0.1) is 5.84 Å². The lowest BCUT2D eigenvalue weighted by molar-refractivity contribution is 0.542. The molecule has 0 spiro atoms. The second-order valence-corrected chi connectivity index (χ2v) is 3.26. The minimum atomic E-state index is 0.565. The van der Waals surface area contributed by atoms with E-state index in [0.717, 1.165) is 5.84 Å². The zero-order valence-electron chi connectivity index (χ0n) is 6.85. The quantitative estimate of drug-likeness (QED) is 0.435. The maximum atomic E-state index is 7.67. The van der Waals surface area contributed by atoms with Gasteiger partial charge in [-0.25, -0.2) is 0 Å². The first kappa shape index (κ1) is 7.58. The minimum Gasteiger partial charge on any atom is -0.366 e. The molecule has 0 amide bonds. The Morgan fingerprint density at radius 3 is 2.20 bits per heavy atom. The summed E-state index contributed by atoms with van der Waals surface area (Å²) in [6, 6.07) is 0. The maximum absolute atomic E-state index is 7.67. The van der Waals surface area contributed by atoms with Gasteiger partial charge in [-0.2, -0.15) is 0 Å². The monoisotopic (exact) mass is 140 g/mol. The van der Waals surface area contributed by atoms with Crippen LogP contribution >= 0.6 is 0 Å². The summed E-state index contributed by atoms with van der Waals surface area (Å²) >= 11 is 0. The third-order valence-corrected chi connectivity index (χ3v) is 2.22. The largest absolute Gasteiger partial charge is 0.366 e. The molecular formula is C8H16N2. The molecule has 1 aliphatic rings. The number of hydrogen-bond donors (Lipinski definition) is 1. The molecule has 0 aromatic heterocycles. The first-order chi connectivity index (χ1) is 4.72. The van der Waals surface area contributed by atoms with Crippen molar-refractivity contribution < 1.29 is 0 Å². The summed E-state index contributed by atoms with van der Waals surface area (Å²) in [5, 5.41) is 7.67. The van der Waals surface area contributed by atoms with Crippen LogP contribution in [0.1, 0.15) is 25.7 Å². The summed E-state index contributed by atoms with van der Waals surface area (Å²) in [5.41, 5.74) is 0. The molecule has 0 aromatic carbocycles. The van der Waals surface area contributed by atoms with Crippen LogP contribution < -0.4 is 0 Å². The topological polar surface area (TPSA) is 27.1 Å². The van der Waals surface area contributed by atoms with Crippen LogP contribution in [0.25, 0.3) is 0 Å². The molecule has 1 rings (SSSR count). The molecule has 1 saturated carbocycles. The molecule has 2 heteroatoms. The number of hydrogen-bond acceptors (Lipinski definition) is 1. The van der Waals surface area contributed by atoms with Crippen molar-refractivity contribution >= 4 is 5.84 Å². The van der Waals surface area contributed by atoms with E-state index in [1.807, 2.05) is 19.0 Å². The van der Waals surface area contributed by atoms with Crippen molar-refractivity contribution in [1.29, 1.82) is 5.41 Å². The smallest absolute Gasteiger partial charge is 0.0984 e. The Labute approximate surface area is 62.7 Å². The Hall–Kier alpha value is -0.530. The van der Waals surface area contributed by atoms with Crippen molar-refractivity contribution in [3.05, 3.63) is 0 Å². The number of rotatable bonds is 1. The van der Waals surface area contributed by atoms with Gasteiger partial charge in [0.15, 0.2) is 0 Å². The predicted octanol–water partition coefficient (Wildman–Crippen LogP) is 1.72. The molecule has 1 aliphatic carbocycles. The third kappa shape index (κ3) is 1.49. The first-order valence-corrected chi connectivity index (χ1v) is 3.97. The minimum absolute atomic E-state index is 0.565. The highest BCUT2D eigenvalue weighted by atomic mass is 15.1. The lowest BCUT2D eigenvalue weighted by Gasteiger charge is -2.18. The average molecular weight is 140 g/mol. The van der Waals surface area contributed by atoms with Crippen molar-refractivity contribution in [2.24, 2.45) is 5.92 Å². The summed E-state index contributed by atoms with van der Waals surface area (Å²) in [6.07, 6.45) is 5.11. The third-order valence-electron chi connectivity index (χ3n) is 2.22. The van der Waals surface area contributed by atoms with Gasteiger partial charge in [0.1, 0.15) is 0 Å². The molecule has 1 N–H and O–H groups in total. The van der Waals surface area contributed by atoms with Gasteiger partial charge in [0.2, 0.25) is 0 Å². The highest BCUT2D eigenvalue weighted by molar-refractivity contribution is 5.81. The van der Waals surface area contributed by atoms with Gasteiger partial charge in [-0.05, 0) is 12.8 Å². The van der Waals surface area contributed by atoms with Gasteiger partial charge in [0.25, 0.3) is 0 Å². The van der Waals surface area contributed by atoms with Crippen molar-refractivity contribution in [1.82, 2.24) is 4.90 Å². The van der Waals surface area contributed by atoms with E-state index in [-0.39, 0.29) is 0 Å². The van der Waals surface area contributed by atoms with Crippen LogP contribution in [0.15, 0.2) is 0 Å². The normalized spacial score (nSPS) is 19.4. The first-order valence-electron chi connectivity index (χ1n) is 3.97. The molecule has 10 heavy (non-hydrogen) atoms. The molecule has 0 aromatic rings. The van der Waals surface area contributed by atoms with Crippen LogP contribution in [-0.2, 0) is 0 Å². The van der Waals surface area contributed by atoms with E-state index < -0.39 is 0 Å². The summed E-state index contributed by atoms with van der Waals surface area (Å²) in [4.78, 5) is 1.93. The van der Waals surface area contributed by atoms with Gasteiger partial charge < -0.3 is 4.90 Å². The zero-order valence-corrected chi connectivity index (χ0v) is 6.85. The summed E-state index contributed by atoms with van der Waals surface area (Å²) in [6.45, 7) is 0. The Morgan fingerprint density at radius 1 is 1.30 bits per heavy atom. The molecule has 0 atom stereocenters. The van der Waals surface area contributed by atoms with Gasteiger partial charge >= 0.3 is 0 Å². The molecule has 0 bridgehead atoms. The number of nitrogens with zero attached hydrogens (tertiary/aromatic N) is 1. The highest BCUT2D eigenvalue weighted by Crippen LogP contribution is 2.25. The fourth-order valence-corrected chi connectivity index (χ4v) is 1.56. The van der Waals surface area contributed by atoms with Gasteiger partial charge in [0, 0.05) is 20.0 Å². The van der Waals surface area contributed by atoms with Crippen LogP contribution in [0.3, 0.4) is 0 Å². The van der Waals surface area contributed by atoms with E-state index in [0.29, 0.717) is 5.92 Å². The second kappa shape index (κ2) is 3.04. The molecule has 0 radical (unpaired) electrons. The van der Waals surface area contributed by atoms with Crippen molar-refractivity contribution in [2.75, 3.05) is 14.1 Å². The summed E-state index contributed by atoms with van der Waals surface area (Å²) in [5.74, 6) is 1.38.